The summed E-state index contributed by atoms with van der Waals surface area (Å²) in [5.41, 5.74) is 26.5. The van der Waals surface area contributed by atoms with E-state index in [2.05, 4.69) is 315 Å². The van der Waals surface area contributed by atoms with Crippen molar-refractivity contribution in [2.75, 3.05) is 0 Å². The van der Waals surface area contributed by atoms with Crippen LogP contribution >= 0.6 is 0 Å². The molecule has 8 aromatic heterocycles. The number of hydrogen-bond donors (Lipinski definition) is 0. The van der Waals surface area contributed by atoms with Gasteiger partial charge in [0, 0.05) is 99.6 Å². The van der Waals surface area contributed by atoms with Crippen molar-refractivity contribution in [1.82, 2.24) is 39.9 Å². The van der Waals surface area contributed by atoms with Crippen LogP contribution in [0.5, 0.6) is 0 Å². The molecular formula is C100H60N8. The molecule has 0 N–H and O–H groups in total. The van der Waals surface area contributed by atoms with Crippen molar-refractivity contribution in [1.29, 1.82) is 0 Å². The average molecular weight is 1370 g/mol. The summed E-state index contributed by atoms with van der Waals surface area (Å²) in [6.45, 7) is 0. The summed E-state index contributed by atoms with van der Waals surface area (Å²) in [7, 11) is 0. The zero-order valence-corrected chi connectivity index (χ0v) is 58.2. The molecule has 8 nitrogen and oxygen atoms in total. The topological polar surface area (TPSA) is 103 Å². The van der Waals surface area contributed by atoms with Gasteiger partial charge in [-0.2, -0.15) is 0 Å². The zero-order valence-electron chi connectivity index (χ0n) is 58.2. The third-order valence-corrected chi connectivity index (χ3v) is 21.4. The first-order chi connectivity index (χ1) is 53.5. The van der Waals surface area contributed by atoms with E-state index in [1.54, 1.807) is 0 Å². The van der Waals surface area contributed by atoms with E-state index in [1.165, 1.54) is 27.6 Å². The van der Waals surface area contributed by atoms with Crippen molar-refractivity contribution in [3.05, 3.63) is 364 Å². The second kappa shape index (κ2) is 25.7. The zero-order chi connectivity index (χ0) is 71.2. The van der Waals surface area contributed by atoms with Gasteiger partial charge in [0.2, 0.25) is 0 Å². The molecule has 0 saturated carbocycles. The number of pyridine rings is 8. The molecule has 500 valence electrons. The maximum absolute atomic E-state index is 5.40. The van der Waals surface area contributed by atoms with Gasteiger partial charge in [0.05, 0.1) is 77.9 Å². The molecular weight excluding hydrogens is 1310 g/mol. The fourth-order valence-corrected chi connectivity index (χ4v) is 16.2. The van der Waals surface area contributed by atoms with Gasteiger partial charge in [-0.1, -0.05) is 291 Å². The average Bonchev–Trinajstić information content (AvgIpc) is 0.743. The highest BCUT2D eigenvalue weighted by Gasteiger charge is 2.21. The second-order valence-corrected chi connectivity index (χ2v) is 27.6. The van der Waals surface area contributed by atoms with Gasteiger partial charge in [-0.25, -0.2) is 29.9 Å². The highest BCUT2D eigenvalue weighted by Crippen LogP contribution is 2.44. The SMILES string of the molecule is c1ccc(-c2ccc3ccc4c(-c5ccc(-c6ccc7ccc8c(-c9ccccc9)c9ccccc9nc8c7n6)c6ccccc56)ccnc4c3n2)cc1.c1ccc(-c2ccc3ccc4c(-c5ccc6cc(-c7ccc8ccc9c(-c%10ccccc%10)c%10ccccc%10nc9c8n7)ccc6c5)ccnc4c3n2)cc1. The van der Waals surface area contributed by atoms with Gasteiger partial charge in [0.15, 0.2) is 0 Å². The number of rotatable bonds is 8. The van der Waals surface area contributed by atoms with E-state index < -0.39 is 0 Å². The fourth-order valence-electron chi connectivity index (χ4n) is 16.2. The third-order valence-electron chi connectivity index (χ3n) is 21.4. The lowest BCUT2D eigenvalue weighted by Crippen LogP contribution is -1.94. The van der Waals surface area contributed by atoms with Crippen LogP contribution in [0.25, 0.3) is 220 Å². The molecule has 0 aliphatic rings. The van der Waals surface area contributed by atoms with Crippen molar-refractivity contribution in [3.8, 4) is 89.5 Å². The van der Waals surface area contributed by atoms with E-state index in [-0.39, 0.29) is 0 Å². The summed E-state index contributed by atoms with van der Waals surface area (Å²) < 4.78 is 0. The smallest absolute Gasteiger partial charge is 0.0978 e. The van der Waals surface area contributed by atoms with Gasteiger partial charge in [-0.3, -0.25) is 9.97 Å². The predicted octanol–water partition coefficient (Wildman–Crippen LogP) is 25.7. The standard InChI is InChI=1S/2C50H30N4/c1-3-11-31(12-4-1)43-27-21-33-19-23-40-38(29-30-51-49(40)47(33)52-43)37-25-26-39(36-16-8-7-15-35(36)37)45-28-22-34-20-24-42-46(32-13-5-2-6-14-32)41-17-9-10-18-44(41)54-50(42)48(34)53-45;1-3-9-31(10-4-1)43-25-21-33-19-23-40-39(27-28-51-49(40)47(33)52-43)37-17-15-36-30-38(18-16-35(36)29-37)44-26-22-34-20-24-42-46(32-11-5-2-6-12-32)41-13-7-8-14-45(41)54-50(42)48(34)53-44/h2*1-30H. The molecule has 22 rings (SSSR count). The summed E-state index contributed by atoms with van der Waals surface area (Å²) in [5, 5.41) is 15.5. The molecule has 0 atom stereocenters. The number of aromatic nitrogens is 8. The Kier molecular flexibility index (Phi) is 14.7. The van der Waals surface area contributed by atoms with Crippen LogP contribution in [0, 0.1) is 0 Å². The van der Waals surface area contributed by atoms with Crippen molar-refractivity contribution < 1.29 is 0 Å². The van der Waals surface area contributed by atoms with Gasteiger partial charge >= 0.3 is 0 Å². The summed E-state index contributed by atoms with van der Waals surface area (Å²) in [5.74, 6) is 0. The van der Waals surface area contributed by atoms with Gasteiger partial charge in [-0.05, 0) is 116 Å². The fraction of sp³-hybridized carbons (Fsp3) is 0. The number of nitrogens with zero attached hydrogens (tertiary/aromatic N) is 8. The number of fused-ring (bicyclic) bond motifs is 16. The van der Waals surface area contributed by atoms with Crippen LogP contribution in [0.3, 0.4) is 0 Å². The molecule has 0 aliphatic carbocycles. The van der Waals surface area contributed by atoms with E-state index in [1.807, 2.05) is 48.8 Å². The lowest BCUT2D eigenvalue weighted by atomic mass is 9.91. The van der Waals surface area contributed by atoms with Gasteiger partial charge in [0.1, 0.15) is 0 Å². The van der Waals surface area contributed by atoms with Crippen molar-refractivity contribution >= 4 is 131 Å². The Morgan fingerprint density at radius 2 is 0.491 bits per heavy atom. The van der Waals surface area contributed by atoms with E-state index in [0.29, 0.717) is 0 Å². The maximum atomic E-state index is 5.40. The summed E-state index contributed by atoms with van der Waals surface area (Å²) >= 11 is 0. The molecule has 0 amide bonds. The molecule has 8 heteroatoms. The first-order valence-electron chi connectivity index (χ1n) is 36.4. The Bertz CT molecular complexity index is 7420. The van der Waals surface area contributed by atoms with Crippen molar-refractivity contribution in [2.24, 2.45) is 0 Å². The minimum Gasteiger partial charge on any atom is -0.254 e. The maximum Gasteiger partial charge on any atom is 0.0978 e. The van der Waals surface area contributed by atoms with Crippen LogP contribution in [0.15, 0.2) is 364 Å². The van der Waals surface area contributed by atoms with E-state index in [9.17, 15) is 0 Å². The molecule has 0 saturated heterocycles. The quantitative estimate of drug-likeness (QED) is 0.109. The molecule has 14 aromatic carbocycles. The Balaban J connectivity index is 0.000000138. The number of benzene rings is 14. The minimum atomic E-state index is 0.897. The Morgan fingerprint density at radius 1 is 0.157 bits per heavy atom. The molecule has 0 aliphatic heterocycles. The first-order valence-corrected chi connectivity index (χ1v) is 36.4. The molecule has 0 bridgehead atoms. The van der Waals surface area contributed by atoms with Gasteiger partial charge in [-0.15, -0.1) is 0 Å². The molecule has 8 heterocycles. The molecule has 108 heavy (non-hydrogen) atoms. The third kappa shape index (κ3) is 10.6. The van der Waals surface area contributed by atoms with Crippen LogP contribution in [-0.4, -0.2) is 39.9 Å². The molecule has 0 unspecified atom stereocenters. The van der Waals surface area contributed by atoms with Crippen LogP contribution in [0.2, 0.25) is 0 Å². The highest BCUT2D eigenvalue weighted by atomic mass is 14.8. The number of hydrogen-bond acceptors (Lipinski definition) is 8. The predicted molar refractivity (Wildman–Crippen MR) is 449 cm³/mol. The van der Waals surface area contributed by atoms with E-state index in [4.69, 9.17) is 39.9 Å². The first kappa shape index (κ1) is 62.0. The highest BCUT2D eigenvalue weighted by molar-refractivity contribution is 6.19. The summed E-state index contributed by atoms with van der Waals surface area (Å²) in [6, 6.07) is 124. The van der Waals surface area contributed by atoms with E-state index in [0.717, 1.165) is 192 Å². The van der Waals surface area contributed by atoms with Crippen LogP contribution < -0.4 is 0 Å². The molecule has 0 spiro atoms. The normalized spacial score (nSPS) is 11.7. The Labute approximate surface area is 620 Å². The van der Waals surface area contributed by atoms with Crippen LogP contribution in [0.4, 0.5) is 0 Å². The second-order valence-electron chi connectivity index (χ2n) is 27.6. The van der Waals surface area contributed by atoms with Crippen molar-refractivity contribution in [2.45, 2.75) is 0 Å². The largest absolute Gasteiger partial charge is 0.254 e. The lowest BCUT2D eigenvalue weighted by Gasteiger charge is -2.15. The van der Waals surface area contributed by atoms with Crippen LogP contribution in [-0.2, 0) is 0 Å². The monoisotopic (exact) mass is 1370 g/mol. The van der Waals surface area contributed by atoms with Crippen molar-refractivity contribution in [3.63, 3.8) is 0 Å². The minimum absolute atomic E-state index is 0.897. The van der Waals surface area contributed by atoms with Gasteiger partial charge in [0.25, 0.3) is 0 Å². The summed E-state index contributed by atoms with van der Waals surface area (Å²) in [6.07, 6.45) is 3.81. The van der Waals surface area contributed by atoms with E-state index >= 15 is 0 Å². The lowest BCUT2D eigenvalue weighted by molar-refractivity contribution is 1.37. The van der Waals surface area contributed by atoms with Gasteiger partial charge < -0.3 is 0 Å². The molecule has 0 radical (unpaired) electrons. The Morgan fingerprint density at radius 3 is 0.991 bits per heavy atom. The Hall–Kier alpha value is -14.6. The molecule has 0 fully saturated rings. The summed E-state index contributed by atoms with van der Waals surface area (Å²) in [4.78, 5) is 41.1. The number of para-hydroxylation sites is 2. The molecule has 22 aromatic rings. The van der Waals surface area contributed by atoms with Crippen LogP contribution in [0.1, 0.15) is 0 Å².